The number of hydrogen-bond acceptors (Lipinski definition) is 6. The van der Waals surface area contributed by atoms with Gasteiger partial charge in [-0.3, -0.25) is 4.79 Å². The van der Waals surface area contributed by atoms with Crippen LogP contribution in [0, 0.1) is 0 Å². The topological polar surface area (TPSA) is 96.2 Å². The Morgan fingerprint density at radius 1 is 1.23 bits per heavy atom. The summed E-state index contributed by atoms with van der Waals surface area (Å²) in [7, 11) is 3.54. The molecule has 1 amide bonds. The normalized spacial score (nSPS) is 14.4. The van der Waals surface area contributed by atoms with E-state index in [4.69, 9.17) is 10.1 Å². The first-order chi connectivity index (χ1) is 14.6. The van der Waals surface area contributed by atoms with Gasteiger partial charge in [0.2, 0.25) is 5.95 Å². The lowest BCUT2D eigenvalue weighted by Gasteiger charge is -2.19. The van der Waals surface area contributed by atoms with E-state index in [2.05, 4.69) is 19.9 Å². The first-order valence-corrected chi connectivity index (χ1v) is 10.5. The summed E-state index contributed by atoms with van der Waals surface area (Å²) in [6.07, 6.45) is 9.53. The Labute approximate surface area is 176 Å². The molecule has 0 saturated heterocycles. The number of aliphatic hydroxyl groups excluding tert-OH is 1. The molecular weight excluding hydrogens is 380 g/mol. The number of aryl methyl sites for hydroxylation is 1. The van der Waals surface area contributed by atoms with E-state index in [9.17, 15) is 4.79 Å². The summed E-state index contributed by atoms with van der Waals surface area (Å²) in [5.41, 5.74) is 2.52. The van der Waals surface area contributed by atoms with Gasteiger partial charge >= 0.3 is 0 Å². The number of amides is 1. The third kappa shape index (κ3) is 4.14. The van der Waals surface area contributed by atoms with Gasteiger partial charge < -0.3 is 19.9 Å². The van der Waals surface area contributed by atoms with Gasteiger partial charge in [-0.2, -0.15) is 4.98 Å². The molecule has 1 fully saturated rings. The molecule has 1 saturated carbocycles. The van der Waals surface area contributed by atoms with Crippen LogP contribution in [0.2, 0.25) is 0 Å². The minimum atomic E-state index is -0.0189. The second-order valence-electron chi connectivity index (χ2n) is 8.01. The van der Waals surface area contributed by atoms with Gasteiger partial charge in [0.05, 0.1) is 0 Å². The highest BCUT2D eigenvalue weighted by molar-refractivity contribution is 5.97. The maximum absolute atomic E-state index is 12.8. The second kappa shape index (κ2) is 8.79. The van der Waals surface area contributed by atoms with Crippen LogP contribution in [0.1, 0.15) is 54.2 Å². The fourth-order valence-electron chi connectivity index (χ4n) is 4.04. The predicted octanol–water partition coefficient (Wildman–Crippen LogP) is 3.31. The number of nitrogens with zero attached hydrogens (tertiary/aromatic N) is 5. The molecule has 158 valence electrons. The number of aliphatic hydroxyl groups is 1. The van der Waals surface area contributed by atoms with E-state index in [1.54, 1.807) is 31.4 Å². The number of anilines is 2. The fraction of sp³-hybridized carbons (Fsp3) is 0.455. The lowest BCUT2D eigenvalue weighted by atomic mass is 10.2. The molecule has 0 aromatic carbocycles. The number of carbonyl (C=O) groups is 1. The summed E-state index contributed by atoms with van der Waals surface area (Å²) in [5, 5.41) is 13.0. The van der Waals surface area contributed by atoms with Crippen molar-refractivity contribution in [3.8, 4) is 0 Å². The van der Waals surface area contributed by atoms with E-state index in [1.807, 2.05) is 18.2 Å². The second-order valence-corrected chi connectivity index (χ2v) is 8.01. The molecule has 30 heavy (non-hydrogen) atoms. The van der Waals surface area contributed by atoms with Crippen LogP contribution in [-0.2, 0) is 6.42 Å². The van der Waals surface area contributed by atoms with Crippen LogP contribution >= 0.6 is 0 Å². The first kappa shape index (κ1) is 20.3. The van der Waals surface area contributed by atoms with Crippen molar-refractivity contribution in [2.75, 3.05) is 26.0 Å². The average Bonchev–Trinajstić information content (AvgIpc) is 3.39. The van der Waals surface area contributed by atoms with Crippen LogP contribution < -0.4 is 5.32 Å². The summed E-state index contributed by atoms with van der Waals surface area (Å²) in [4.78, 5) is 28.0. The molecule has 0 radical (unpaired) electrons. The Morgan fingerprint density at radius 2 is 2.03 bits per heavy atom. The van der Waals surface area contributed by atoms with Crippen LogP contribution in [0.25, 0.3) is 11.0 Å². The smallest absolute Gasteiger partial charge is 0.270 e. The molecule has 2 N–H and O–H groups in total. The summed E-state index contributed by atoms with van der Waals surface area (Å²) in [6.45, 7) is 0.173. The van der Waals surface area contributed by atoms with Crippen molar-refractivity contribution in [1.82, 2.24) is 24.4 Å². The molecule has 3 heterocycles. The van der Waals surface area contributed by atoms with Crippen LogP contribution in [0.3, 0.4) is 0 Å². The number of rotatable bonds is 7. The number of fused-ring (bicyclic) bond motifs is 1. The average molecular weight is 409 g/mol. The standard InChI is InChI=1S/C22H28N6O2/c1-27(2)21(30)18-12-16-14-24-22(26-20(16)28(18)17-7-3-4-8-17)25-19-10-9-15(13-23-19)6-5-11-29/h9-10,12-14,17,29H,3-8,11H2,1-2H3,(H,23,24,25,26). The highest BCUT2D eigenvalue weighted by atomic mass is 16.2. The molecule has 1 aliphatic carbocycles. The van der Waals surface area contributed by atoms with E-state index < -0.39 is 0 Å². The predicted molar refractivity (Wildman–Crippen MR) is 116 cm³/mol. The molecule has 0 spiro atoms. The molecule has 1 aliphatic rings. The zero-order valence-electron chi connectivity index (χ0n) is 17.5. The van der Waals surface area contributed by atoms with Crippen molar-refractivity contribution >= 4 is 28.7 Å². The van der Waals surface area contributed by atoms with Gasteiger partial charge in [-0.1, -0.05) is 18.9 Å². The minimum absolute atomic E-state index is 0.0189. The van der Waals surface area contributed by atoms with Crippen LogP contribution in [0.4, 0.5) is 11.8 Å². The number of nitrogens with one attached hydrogen (secondary N) is 1. The van der Waals surface area contributed by atoms with Crippen LogP contribution in [0.15, 0.2) is 30.6 Å². The van der Waals surface area contributed by atoms with Gasteiger partial charge in [-0.15, -0.1) is 0 Å². The number of hydrogen-bond donors (Lipinski definition) is 2. The number of aromatic nitrogens is 4. The van der Waals surface area contributed by atoms with Crippen molar-refractivity contribution < 1.29 is 9.90 Å². The third-order valence-electron chi connectivity index (χ3n) is 5.58. The molecule has 4 rings (SSSR count). The van der Waals surface area contributed by atoms with E-state index in [-0.39, 0.29) is 18.6 Å². The Hall–Kier alpha value is -3.00. The molecule has 3 aromatic heterocycles. The van der Waals surface area contributed by atoms with Crippen molar-refractivity contribution in [2.45, 2.75) is 44.6 Å². The maximum atomic E-state index is 12.8. The lowest BCUT2D eigenvalue weighted by molar-refractivity contribution is 0.0815. The van der Waals surface area contributed by atoms with Crippen LogP contribution in [-0.4, -0.2) is 56.1 Å². The molecule has 8 heteroatoms. The van der Waals surface area contributed by atoms with E-state index in [1.165, 1.54) is 12.8 Å². The lowest BCUT2D eigenvalue weighted by Crippen LogP contribution is -2.25. The number of carbonyl (C=O) groups excluding carboxylic acids is 1. The van der Waals surface area contributed by atoms with Gasteiger partial charge in [0.25, 0.3) is 5.91 Å². The Morgan fingerprint density at radius 3 is 2.70 bits per heavy atom. The minimum Gasteiger partial charge on any atom is -0.396 e. The zero-order chi connectivity index (χ0) is 21.1. The summed E-state index contributed by atoms with van der Waals surface area (Å²) >= 11 is 0. The molecule has 3 aromatic rings. The largest absolute Gasteiger partial charge is 0.396 e. The Balaban J connectivity index is 1.65. The summed E-state index contributed by atoms with van der Waals surface area (Å²) in [5.74, 6) is 1.10. The van der Waals surface area contributed by atoms with Crippen molar-refractivity contribution in [1.29, 1.82) is 0 Å². The van der Waals surface area contributed by atoms with Gasteiger partial charge in [-0.25, -0.2) is 9.97 Å². The first-order valence-electron chi connectivity index (χ1n) is 10.5. The van der Waals surface area contributed by atoms with E-state index in [0.717, 1.165) is 42.3 Å². The number of pyridine rings is 1. The molecule has 0 atom stereocenters. The maximum Gasteiger partial charge on any atom is 0.270 e. The molecule has 0 aliphatic heterocycles. The van der Waals surface area contributed by atoms with Gasteiger partial charge in [0, 0.05) is 44.5 Å². The highest BCUT2D eigenvalue weighted by Crippen LogP contribution is 2.34. The molecular formula is C22H28N6O2. The van der Waals surface area contributed by atoms with Crippen molar-refractivity contribution in [3.63, 3.8) is 0 Å². The van der Waals surface area contributed by atoms with Gasteiger partial charge in [0.15, 0.2) is 0 Å². The monoisotopic (exact) mass is 408 g/mol. The third-order valence-corrected chi connectivity index (χ3v) is 5.58. The van der Waals surface area contributed by atoms with Crippen molar-refractivity contribution in [3.05, 3.63) is 41.9 Å². The molecule has 0 bridgehead atoms. The summed E-state index contributed by atoms with van der Waals surface area (Å²) in [6, 6.07) is 6.05. The van der Waals surface area contributed by atoms with Crippen molar-refractivity contribution in [2.24, 2.45) is 0 Å². The quantitative estimate of drug-likeness (QED) is 0.623. The summed E-state index contributed by atoms with van der Waals surface area (Å²) < 4.78 is 2.10. The Kier molecular flexibility index (Phi) is 5.94. The zero-order valence-corrected chi connectivity index (χ0v) is 17.5. The van der Waals surface area contributed by atoms with E-state index >= 15 is 0 Å². The van der Waals surface area contributed by atoms with Gasteiger partial charge in [-0.05, 0) is 43.4 Å². The fourth-order valence-corrected chi connectivity index (χ4v) is 4.04. The molecule has 0 unspecified atom stereocenters. The Bertz CT molecular complexity index is 1020. The van der Waals surface area contributed by atoms with E-state index in [0.29, 0.717) is 17.5 Å². The van der Waals surface area contributed by atoms with Gasteiger partial charge in [0.1, 0.15) is 17.2 Å². The van der Waals surface area contributed by atoms with Crippen LogP contribution in [0.5, 0.6) is 0 Å². The SMILES string of the molecule is CN(C)C(=O)c1cc2cnc(Nc3ccc(CCCO)cn3)nc2n1C1CCCC1. The molecule has 8 nitrogen and oxygen atoms in total. The highest BCUT2D eigenvalue weighted by Gasteiger charge is 2.26.